The molecule has 4 nitrogen and oxygen atoms in total. The van der Waals surface area contributed by atoms with Crippen LogP contribution >= 0.6 is 0 Å². The second-order valence-corrected chi connectivity index (χ2v) is 6.50. The number of rotatable bonds is 6. The molecule has 0 aliphatic carbocycles. The molecule has 0 saturated carbocycles. The molecular weight excluding hydrogens is 364 g/mol. The maximum atomic E-state index is 12.6. The highest BCUT2D eigenvalue weighted by Gasteiger charge is 2.11. The summed E-state index contributed by atoms with van der Waals surface area (Å²) in [6, 6.07) is 28.2. The van der Waals surface area contributed by atoms with Crippen LogP contribution in [0.4, 0.5) is 0 Å². The minimum atomic E-state index is -0.390. The molecule has 0 unspecified atom stereocenters. The van der Waals surface area contributed by atoms with Crippen molar-refractivity contribution in [3.8, 4) is 17.2 Å². The van der Waals surface area contributed by atoms with Gasteiger partial charge in [-0.15, -0.1) is 0 Å². The summed E-state index contributed by atoms with van der Waals surface area (Å²) in [5.41, 5.74) is 1.43. The molecule has 4 aromatic rings. The lowest BCUT2D eigenvalue weighted by Gasteiger charge is -2.11. The van der Waals surface area contributed by atoms with E-state index in [2.05, 4.69) is 0 Å². The first-order valence-electron chi connectivity index (χ1n) is 9.29. The molecule has 29 heavy (non-hydrogen) atoms. The van der Waals surface area contributed by atoms with E-state index in [0.29, 0.717) is 29.4 Å². The molecule has 0 N–H and O–H groups in total. The van der Waals surface area contributed by atoms with Gasteiger partial charge in [-0.3, -0.25) is 0 Å². The third kappa shape index (κ3) is 4.22. The van der Waals surface area contributed by atoms with E-state index in [4.69, 9.17) is 14.2 Å². The fourth-order valence-electron chi connectivity index (χ4n) is 3.08. The van der Waals surface area contributed by atoms with Crippen molar-refractivity contribution in [1.29, 1.82) is 0 Å². The first-order chi connectivity index (χ1) is 14.2. The largest absolute Gasteiger partial charge is 0.493 e. The third-order valence-electron chi connectivity index (χ3n) is 4.61. The lowest BCUT2D eigenvalue weighted by Crippen LogP contribution is -2.09. The van der Waals surface area contributed by atoms with Gasteiger partial charge < -0.3 is 14.2 Å². The van der Waals surface area contributed by atoms with Crippen LogP contribution in [0.1, 0.15) is 15.9 Å². The number of benzene rings is 4. The maximum absolute atomic E-state index is 12.6. The number of methoxy groups -OCH3 is 1. The van der Waals surface area contributed by atoms with Crippen molar-refractivity contribution < 1.29 is 19.0 Å². The van der Waals surface area contributed by atoms with E-state index in [0.717, 1.165) is 16.3 Å². The average molecular weight is 384 g/mol. The van der Waals surface area contributed by atoms with E-state index in [9.17, 15) is 4.79 Å². The molecule has 0 saturated heterocycles. The number of para-hydroxylation sites is 2. The predicted octanol–water partition coefficient (Wildman–Crippen LogP) is 5.65. The normalized spacial score (nSPS) is 10.5. The quantitative estimate of drug-likeness (QED) is 0.318. The Labute approximate surface area is 169 Å². The van der Waals surface area contributed by atoms with Gasteiger partial charge in [-0.1, -0.05) is 60.7 Å². The van der Waals surface area contributed by atoms with Gasteiger partial charge in [0.1, 0.15) is 12.4 Å². The number of carbonyl (C=O) groups is 1. The van der Waals surface area contributed by atoms with Crippen molar-refractivity contribution in [1.82, 2.24) is 0 Å². The Morgan fingerprint density at radius 2 is 1.38 bits per heavy atom. The number of hydrogen-bond donors (Lipinski definition) is 0. The first-order valence-corrected chi connectivity index (χ1v) is 9.29. The molecule has 0 spiro atoms. The van der Waals surface area contributed by atoms with E-state index < -0.39 is 5.97 Å². The molecule has 0 aliphatic rings. The van der Waals surface area contributed by atoms with Gasteiger partial charge in [0.2, 0.25) is 0 Å². The van der Waals surface area contributed by atoms with Gasteiger partial charge in [-0.05, 0) is 41.3 Å². The van der Waals surface area contributed by atoms with E-state index in [1.54, 1.807) is 25.3 Å². The van der Waals surface area contributed by atoms with Gasteiger partial charge in [0.25, 0.3) is 0 Å². The van der Waals surface area contributed by atoms with Crippen LogP contribution in [0.25, 0.3) is 10.8 Å². The van der Waals surface area contributed by atoms with E-state index in [-0.39, 0.29) is 0 Å². The van der Waals surface area contributed by atoms with Crippen LogP contribution in [0.15, 0.2) is 91.0 Å². The van der Waals surface area contributed by atoms with Gasteiger partial charge in [0.05, 0.1) is 12.7 Å². The summed E-state index contributed by atoms with van der Waals surface area (Å²) >= 11 is 0. The van der Waals surface area contributed by atoms with Crippen LogP contribution in [-0.4, -0.2) is 13.1 Å². The molecule has 0 bridgehead atoms. The van der Waals surface area contributed by atoms with Gasteiger partial charge >= 0.3 is 5.97 Å². The molecule has 0 radical (unpaired) electrons. The van der Waals surface area contributed by atoms with Crippen molar-refractivity contribution in [3.63, 3.8) is 0 Å². The summed E-state index contributed by atoms with van der Waals surface area (Å²) in [4.78, 5) is 12.6. The molecule has 0 fully saturated rings. The lowest BCUT2D eigenvalue weighted by atomic mass is 10.1. The molecule has 0 atom stereocenters. The molecule has 0 aliphatic heterocycles. The number of esters is 1. The maximum Gasteiger partial charge on any atom is 0.343 e. The van der Waals surface area contributed by atoms with Crippen molar-refractivity contribution in [2.45, 2.75) is 6.61 Å². The fraction of sp³-hybridized carbons (Fsp3) is 0.0800. The Morgan fingerprint density at radius 3 is 2.17 bits per heavy atom. The van der Waals surface area contributed by atoms with Crippen molar-refractivity contribution in [2.75, 3.05) is 7.11 Å². The Bertz CT molecular complexity index is 1130. The van der Waals surface area contributed by atoms with Crippen LogP contribution < -0.4 is 14.2 Å². The Hall–Kier alpha value is -3.79. The van der Waals surface area contributed by atoms with Gasteiger partial charge in [0, 0.05) is 5.39 Å². The second kappa shape index (κ2) is 8.48. The highest BCUT2D eigenvalue weighted by molar-refractivity contribution is 5.95. The summed E-state index contributed by atoms with van der Waals surface area (Å²) in [5, 5.41) is 1.94. The number of fused-ring (bicyclic) bond motifs is 1. The summed E-state index contributed by atoms with van der Waals surface area (Å²) in [6.07, 6.45) is 0. The summed E-state index contributed by atoms with van der Waals surface area (Å²) < 4.78 is 16.7. The lowest BCUT2D eigenvalue weighted by molar-refractivity contribution is 0.0737. The van der Waals surface area contributed by atoms with Crippen LogP contribution in [0.3, 0.4) is 0 Å². The topological polar surface area (TPSA) is 44.8 Å². The number of hydrogen-bond acceptors (Lipinski definition) is 4. The molecule has 4 heteroatoms. The third-order valence-corrected chi connectivity index (χ3v) is 4.61. The molecule has 0 aromatic heterocycles. The first kappa shape index (κ1) is 18.6. The van der Waals surface area contributed by atoms with Gasteiger partial charge in [-0.25, -0.2) is 4.79 Å². The van der Waals surface area contributed by atoms with Crippen molar-refractivity contribution >= 4 is 16.7 Å². The molecule has 0 amide bonds. The smallest absolute Gasteiger partial charge is 0.343 e. The van der Waals surface area contributed by atoms with Crippen LogP contribution in [-0.2, 0) is 6.61 Å². The van der Waals surface area contributed by atoms with Crippen molar-refractivity contribution in [3.05, 3.63) is 102 Å². The summed E-state index contributed by atoms with van der Waals surface area (Å²) in [5.74, 6) is 1.52. The number of ether oxygens (including phenoxy) is 3. The fourth-order valence-corrected chi connectivity index (χ4v) is 3.08. The van der Waals surface area contributed by atoms with E-state index in [1.807, 2.05) is 72.8 Å². The van der Waals surface area contributed by atoms with Crippen LogP contribution in [0.2, 0.25) is 0 Å². The Balaban J connectivity index is 1.44. The molecule has 4 rings (SSSR count). The zero-order chi connectivity index (χ0) is 20.1. The zero-order valence-electron chi connectivity index (χ0n) is 16.0. The average Bonchev–Trinajstić information content (AvgIpc) is 2.78. The highest BCUT2D eigenvalue weighted by Crippen LogP contribution is 2.27. The molecule has 4 aromatic carbocycles. The highest BCUT2D eigenvalue weighted by atomic mass is 16.5. The molecular formula is C25H20O4. The van der Waals surface area contributed by atoms with Gasteiger partial charge in [-0.2, -0.15) is 0 Å². The van der Waals surface area contributed by atoms with E-state index in [1.165, 1.54) is 0 Å². The Morgan fingerprint density at radius 1 is 0.724 bits per heavy atom. The zero-order valence-corrected chi connectivity index (χ0v) is 16.0. The predicted molar refractivity (Wildman–Crippen MR) is 113 cm³/mol. The van der Waals surface area contributed by atoms with E-state index >= 15 is 0 Å². The Kier molecular flexibility index (Phi) is 5.43. The minimum Gasteiger partial charge on any atom is -0.493 e. The van der Waals surface area contributed by atoms with Crippen LogP contribution in [0, 0.1) is 0 Å². The SMILES string of the molecule is COc1ccccc1OCc1ccc(C(=O)Oc2cccc3ccccc23)cc1. The standard InChI is InChI=1S/C25H20O4/c1-27-23-10-4-5-11-24(23)28-17-18-13-15-20(16-14-18)25(26)29-22-12-6-8-19-7-2-3-9-21(19)22/h2-16H,17H2,1H3. The molecule has 0 heterocycles. The summed E-state index contributed by atoms with van der Waals surface area (Å²) in [7, 11) is 1.61. The summed E-state index contributed by atoms with van der Waals surface area (Å²) in [6.45, 7) is 0.374. The number of carbonyl (C=O) groups excluding carboxylic acids is 1. The van der Waals surface area contributed by atoms with Crippen LogP contribution in [0.5, 0.6) is 17.2 Å². The second-order valence-electron chi connectivity index (χ2n) is 6.50. The molecule has 144 valence electrons. The monoisotopic (exact) mass is 384 g/mol. The van der Waals surface area contributed by atoms with Crippen molar-refractivity contribution in [2.24, 2.45) is 0 Å². The van der Waals surface area contributed by atoms with Gasteiger partial charge in [0.15, 0.2) is 11.5 Å². The minimum absolute atomic E-state index is 0.374.